The van der Waals surface area contributed by atoms with E-state index in [-0.39, 0.29) is 28.5 Å². The van der Waals surface area contributed by atoms with Crippen LogP contribution in [0.4, 0.5) is 13.2 Å². The standard InChI is InChI=1S/C26H25F3N4O2/c1-4-32(15-19-8-6-5-7-9-19)23(34)16-35-22-14-21(26(27,28)29)24-18(3)31-33(25(24)30-22)20-12-10-17(2)11-13-20/h5-14H,4,15-16H2,1-3H3. The Hall–Kier alpha value is -3.88. The summed E-state index contributed by atoms with van der Waals surface area (Å²) in [5.74, 6) is -0.641. The van der Waals surface area contributed by atoms with Crippen LogP contribution in [-0.4, -0.2) is 38.7 Å². The van der Waals surface area contributed by atoms with Crippen LogP contribution in [0.25, 0.3) is 16.7 Å². The van der Waals surface area contributed by atoms with Gasteiger partial charge in [-0.2, -0.15) is 23.3 Å². The SMILES string of the molecule is CCN(Cc1ccccc1)C(=O)COc1cc(C(F)(F)F)c2c(C)nn(-c3ccc(C)cc3)c2n1. The fraction of sp³-hybridized carbons (Fsp3) is 0.269. The molecule has 0 saturated carbocycles. The molecule has 0 radical (unpaired) electrons. The average molecular weight is 483 g/mol. The lowest BCUT2D eigenvalue weighted by Crippen LogP contribution is -2.34. The van der Waals surface area contributed by atoms with E-state index in [1.165, 1.54) is 11.6 Å². The summed E-state index contributed by atoms with van der Waals surface area (Å²) in [7, 11) is 0. The Labute approximate surface area is 201 Å². The van der Waals surface area contributed by atoms with E-state index in [2.05, 4.69) is 10.1 Å². The number of carbonyl (C=O) groups excluding carboxylic acids is 1. The van der Waals surface area contributed by atoms with Crippen molar-refractivity contribution in [3.8, 4) is 11.6 Å². The number of aromatic nitrogens is 3. The Morgan fingerprint density at radius 2 is 1.74 bits per heavy atom. The second kappa shape index (κ2) is 9.77. The summed E-state index contributed by atoms with van der Waals surface area (Å²) in [5.41, 5.74) is 1.83. The first-order valence-corrected chi connectivity index (χ1v) is 11.2. The molecule has 4 rings (SSSR count). The van der Waals surface area contributed by atoms with E-state index in [1.807, 2.05) is 56.3 Å². The number of fused-ring (bicyclic) bond motifs is 1. The van der Waals surface area contributed by atoms with Crippen molar-refractivity contribution in [3.63, 3.8) is 0 Å². The molecule has 4 aromatic rings. The van der Waals surface area contributed by atoms with Crippen molar-refractivity contribution in [2.24, 2.45) is 0 Å². The van der Waals surface area contributed by atoms with Gasteiger partial charge in [-0.25, -0.2) is 4.68 Å². The van der Waals surface area contributed by atoms with Gasteiger partial charge in [0.1, 0.15) is 0 Å². The highest BCUT2D eigenvalue weighted by Crippen LogP contribution is 2.38. The van der Waals surface area contributed by atoms with Crippen molar-refractivity contribution >= 4 is 16.9 Å². The van der Waals surface area contributed by atoms with Crippen LogP contribution in [0, 0.1) is 13.8 Å². The van der Waals surface area contributed by atoms with Crippen LogP contribution < -0.4 is 4.74 Å². The van der Waals surface area contributed by atoms with Gasteiger partial charge in [-0.1, -0.05) is 48.0 Å². The second-order valence-electron chi connectivity index (χ2n) is 8.22. The number of hydrogen-bond acceptors (Lipinski definition) is 4. The lowest BCUT2D eigenvalue weighted by atomic mass is 10.1. The third-order valence-electron chi connectivity index (χ3n) is 5.67. The van der Waals surface area contributed by atoms with E-state index < -0.39 is 18.3 Å². The quantitative estimate of drug-likeness (QED) is 0.350. The number of ether oxygens (including phenoxy) is 1. The molecule has 0 saturated heterocycles. The molecule has 0 bridgehead atoms. The minimum Gasteiger partial charge on any atom is -0.467 e. The molecule has 2 heterocycles. The Morgan fingerprint density at radius 3 is 2.37 bits per heavy atom. The predicted molar refractivity (Wildman–Crippen MR) is 126 cm³/mol. The minimum absolute atomic E-state index is 0.0141. The monoisotopic (exact) mass is 482 g/mol. The molecule has 0 aliphatic heterocycles. The molecule has 0 fully saturated rings. The van der Waals surface area contributed by atoms with Gasteiger partial charge in [0.05, 0.1) is 22.3 Å². The molecular weight excluding hydrogens is 457 g/mol. The number of alkyl halides is 3. The minimum atomic E-state index is -4.65. The third-order valence-corrected chi connectivity index (χ3v) is 5.67. The Kier molecular flexibility index (Phi) is 6.77. The number of hydrogen-bond donors (Lipinski definition) is 0. The molecule has 9 heteroatoms. The van der Waals surface area contributed by atoms with Gasteiger partial charge < -0.3 is 9.64 Å². The molecule has 0 aliphatic carbocycles. The molecule has 1 amide bonds. The number of aryl methyl sites for hydroxylation is 2. The summed E-state index contributed by atoms with van der Waals surface area (Å²) >= 11 is 0. The molecule has 2 aromatic carbocycles. The summed E-state index contributed by atoms with van der Waals surface area (Å²) < 4.78 is 48.8. The fourth-order valence-electron chi connectivity index (χ4n) is 3.84. The fourth-order valence-corrected chi connectivity index (χ4v) is 3.84. The number of carbonyl (C=O) groups is 1. The van der Waals surface area contributed by atoms with E-state index >= 15 is 0 Å². The smallest absolute Gasteiger partial charge is 0.417 e. The van der Waals surface area contributed by atoms with Gasteiger partial charge >= 0.3 is 6.18 Å². The molecule has 6 nitrogen and oxygen atoms in total. The van der Waals surface area contributed by atoms with Crippen LogP contribution in [0.1, 0.15) is 29.3 Å². The van der Waals surface area contributed by atoms with Gasteiger partial charge in [0, 0.05) is 19.2 Å². The van der Waals surface area contributed by atoms with Gasteiger partial charge in [-0.3, -0.25) is 4.79 Å². The lowest BCUT2D eigenvalue weighted by molar-refractivity contribution is -0.136. The Bertz CT molecular complexity index is 1330. The highest BCUT2D eigenvalue weighted by Gasteiger charge is 2.36. The number of nitrogens with zero attached hydrogens (tertiary/aromatic N) is 4. The zero-order valence-electron chi connectivity index (χ0n) is 19.6. The summed E-state index contributed by atoms with van der Waals surface area (Å²) in [4.78, 5) is 18.6. The van der Waals surface area contributed by atoms with Crippen molar-refractivity contribution in [2.75, 3.05) is 13.2 Å². The first-order valence-electron chi connectivity index (χ1n) is 11.2. The molecule has 0 spiro atoms. The van der Waals surface area contributed by atoms with Crippen molar-refractivity contribution < 1.29 is 22.7 Å². The van der Waals surface area contributed by atoms with Crippen LogP contribution in [0.2, 0.25) is 0 Å². The van der Waals surface area contributed by atoms with Gasteiger partial charge in [-0.05, 0) is 38.5 Å². The third kappa shape index (κ3) is 5.29. The van der Waals surface area contributed by atoms with Gasteiger partial charge in [-0.15, -0.1) is 0 Å². The maximum absolute atomic E-state index is 14.0. The van der Waals surface area contributed by atoms with Crippen LogP contribution in [0.3, 0.4) is 0 Å². The molecule has 2 aromatic heterocycles. The molecule has 0 aliphatic rings. The summed E-state index contributed by atoms with van der Waals surface area (Å²) in [5, 5.41) is 4.21. The van der Waals surface area contributed by atoms with Crippen molar-refractivity contribution in [2.45, 2.75) is 33.5 Å². The van der Waals surface area contributed by atoms with E-state index in [0.29, 0.717) is 18.8 Å². The zero-order valence-corrected chi connectivity index (χ0v) is 19.6. The number of rotatable bonds is 7. The average Bonchev–Trinajstić information content (AvgIpc) is 3.17. The van der Waals surface area contributed by atoms with Crippen LogP contribution in [0.5, 0.6) is 5.88 Å². The maximum Gasteiger partial charge on any atom is 0.417 e. The van der Waals surface area contributed by atoms with Gasteiger partial charge in [0.25, 0.3) is 5.91 Å². The van der Waals surface area contributed by atoms with Crippen molar-refractivity contribution in [1.82, 2.24) is 19.7 Å². The van der Waals surface area contributed by atoms with Gasteiger partial charge in [0.2, 0.25) is 5.88 Å². The first kappa shape index (κ1) is 24.3. The van der Waals surface area contributed by atoms with Crippen LogP contribution in [-0.2, 0) is 17.5 Å². The molecule has 35 heavy (non-hydrogen) atoms. The first-order chi connectivity index (χ1) is 16.7. The number of benzene rings is 2. The number of amides is 1. The van der Waals surface area contributed by atoms with Crippen molar-refractivity contribution in [1.29, 1.82) is 0 Å². The van der Waals surface area contributed by atoms with E-state index in [9.17, 15) is 18.0 Å². The van der Waals surface area contributed by atoms with Gasteiger partial charge in [0.15, 0.2) is 12.3 Å². The maximum atomic E-state index is 14.0. The number of likely N-dealkylation sites (N-methyl/N-ethyl adjacent to an activating group) is 1. The number of pyridine rings is 1. The second-order valence-corrected chi connectivity index (χ2v) is 8.22. The largest absolute Gasteiger partial charge is 0.467 e. The van der Waals surface area contributed by atoms with E-state index in [0.717, 1.165) is 17.2 Å². The van der Waals surface area contributed by atoms with Crippen molar-refractivity contribution in [3.05, 3.63) is 83.0 Å². The molecule has 0 atom stereocenters. The zero-order chi connectivity index (χ0) is 25.2. The predicted octanol–water partition coefficient (Wildman–Crippen LogP) is 5.48. The number of halogens is 3. The Morgan fingerprint density at radius 1 is 1.06 bits per heavy atom. The highest BCUT2D eigenvalue weighted by atomic mass is 19.4. The summed E-state index contributed by atoms with van der Waals surface area (Å²) in [6.45, 7) is 5.62. The van der Waals surface area contributed by atoms with E-state index in [1.54, 1.807) is 17.0 Å². The molecule has 0 unspecified atom stereocenters. The van der Waals surface area contributed by atoms with Crippen LogP contribution >= 0.6 is 0 Å². The van der Waals surface area contributed by atoms with Crippen LogP contribution in [0.15, 0.2) is 60.7 Å². The van der Waals surface area contributed by atoms with E-state index in [4.69, 9.17) is 4.74 Å². The Balaban J connectivity index is 1.66. The molecular formula is C26H25F3N4O2. The topological polar surface area (TPSA) is 60.3 Å². The normalized spacial score (nSPS) is 11.6. The highest BCUT2D eigenvalue weighted by molar-refractivity contribution is 5.85. The lowest BCUT2D eigenvalue weighted by Gasteiger charge is -2.21. The molecule has 0 N–H and O–H groups in total. The molecule has 182 valence electrons. The summed E-state index contributed by atoms with van der Waals surface area (Å²) in [6.07, 6.45) is -4.65. The summed E-state index contributed by atoms with van der Waals surface area (Å²) in [6, 6.07) is 17.5.